The molecular weight excluding hydrogens is 432 g/mol. The van der Waals surface area contributed by atoms with Crippen LogP contribution in [0.25, 0.3) is 10.9 Å². The monoisotopic (exact) mass is 464 g/mol. The van der Waals surface area contributed by atoms with Crippen molar-refractivity contribution < 1.29 is 4.74 Å². The molecule has 0 spiro atoms. The summed E-state index contributed by atoms with van der Waals surface area (Å²) in [5, 5.41) is 5.10. The van der Waals surface area contributed by atoms with Gasteiger partial charge >= 0.3 is 0 Å². The van der Waals surface area contributed by atoms with Gasteiger partial charge in [-0.2, -0.15) is 0 Å². The van der Waals surface area contributed by atoms with Crippen molar-refractivity contribution in [3.05, 3.63) is 81.6 Å². The number of aromatic nitrogens is 1. The minimum atomic E-state index is -0.0548. The van der Waals surface area contributed by atoms with E-state index < -0.39 is 0 Å². The number of aryl methyl sites for hydroxylation is 1. The molecule has 33 heavy (non-hydrogen) atoms. The van der Waals surface area contributed by atoms with Crippen LogP contribution in [0.1, 0.15) is 23.1 Å². The summed E-state index contributed by atoms with van der Waals surface area (Å²) in [7, 11) is 0. The molecule has 0 atom stereocenters. The molecular formula is C26H32N4O2S. The van der Waals surface area contributed by atoms with Crippen LogP contribution in [0.4, 0.5) is 0 Å². The maximum Gasteiger partial charge on any atom is 0.253 e. The molecule has 0 saturated carbocycles. The van der Waals surface area contributed by atoms with E-state index in [-0.39, 0.29) is 5.56 Å². The van der Waals surface area contributed by atoms with E-state index in [1.54, 1.807) is 0 Å². The number of para-hydroxylation sites is 1. The van der Waals surface area contributed by atoms with Crippen molar-refractivity contribution in [3.63, 3.8) is 0 Å². The number of nitrogens with one attached hydrogen (secondary N) is 2. The molecule has 2 heterocycles. The number of rotatable bonds is 8. The van der Waals surface area contributed by atoms with Crippen molar-refractivity contribution in [2.24, 2.45) is 0 Å². The number of aromatic amines is 1. The molecule has 1 aliphatic rings. The van der Waals surface area contributed by atoms with Crippen molar-refractivity contribution in [1.82, 2.24) is 20.1 Å². The van der Waals surface area contributed by atoms with Gasteiger partial charge in [0.2, 0.25) is 0 Å². The van der Waals surface area contributed by atoms with Crippen LogP contribution in [-0.2, 0) is 17.8 Å². The molecule has 7 heteroatoms. The lowest BCUT2D eigenvalue weighted by atomic mass is 10.1. The number of nitrogens with zero attached hydrogens (tertiary/aromatic N) is 2. The number of thiocarbonyl (C=S) groups is 1. The topological polar surface area (TPSA) is 60.6 Å². The Kier molecular flexibility index (Phi) is 8.10. The number of pyridine rings is 1. The number of hydrogen-bond donors (Lipinski definition) is 2. The molecule has 0 aliphatic carbocycles. The van der Waals surface area contributed by atoms with Gasteiger partial charge in [0.05, 0.1) is 25.3 Å². The van der Waals surface area contributed by atoms with Crippen LogP contribution in [-0.4, -0.2) is 59.3 Å². The molecule has 0 radical (unpaired) electrons. The molecule has 1 aliphatic heterocycles. The number of hydrogen-bond acceptors (Lipinski definition) is 4. The maximum atomic E-state index is 12.9. The first-order valence-corrected chi connectivity index (χ1v) is 12.0. The molecule has 0 unspecified atom stereocenters. The molecule has 0 bridgehead atoms. The summed E-state index contributed by atoms with van der Waals surface area (Å²) in [5.41, 5.74) is 3.81. The van der Waals surface area contributed by atoms with E-state index in [4.69, 9.17) is 17.0 Å². The highest BCUT2D eigenvalue weighted by atomic mass is 32.1. The third kappa shape index (κ3) is 6.41. The highest BCUT2D eigenvalue weighted by Gasteiger charge is 2.15. The number of morpholine rings is 1. The largest absolute Gasteiger partial charge is 0.379 e. The summed E-state index contributed by atoms with van der Waals surface area (Å²) in [6.07, 6.45) is 0.970. The SMILES string of the molecule is Cc1cccc2cc(CN(CCCN3CCOCC3)C(=S)NCc3ccccc3)c(=O)[nH]c12. The average Bonchev–Trinajstić information content (AvgIpc) is 2.84. The fraction of sp³-hybridized carbons (Fsp3) is 0.385. The summed E-state index contributed by atoms with van der Waals surface area (Å²) in [6, 6.07) is 18.3. The van der Waals surface area contributed by atoms with Gasteiger partial charge in [0, 0.05) is 38.3 Å². The van der Waals surface area contributed by atoms with E-state index in [0.29, 0.717) is 18.2 Å². The first kappa shape index (κ1) is 23.4. The van der Waals surface area contributed by atoms with Gasteiger partial charge in [-0.15, -0.1) is 0 Å². The van der Waals surface area contributed by atoms with E-state index in [1.807, 2.05) is 49.4 Å². The second-order valence-electron chi connectivity index (χ2n) is 8.54. The van der Waals surface area contributed by atoms with Gasteiger partial charge in [0.15, 0.2) is 5.11 Å². The zero-order valence-corrected chi connectivity index (χ0v) is 20.0. The third-order valence-electron chi connectivity index (χ3n) is 6.11. The van der Waals surface area contributed by atoms with Gasteiger partial charge < -0.3 is 19.9 Å². The highest BCUT2D eigenvalue weighted by Crippen LogP contribution is 2.16. The normalized spacial score (nSPS) is 14.3. The van der Waals surface area contributed by atoms with E-state index in [0.717, 1.165) is 67.8 Å². The predicted molar refractivity (Wildman–Crippen MR) is 137 cm³/mol. The molecule has 2 aromatic carbocycles. The predicted octanol–water partition coefficient (Wildman–Crippen LogP) is 3.44. The Morgan fingerprint density at radius 3 is 2.73 bits per heavy atom. The van der Waals surface area contributed by atoms with Crippen molar-refractivity contribution in [2.75, 3.05) is 39.4 Å². The lowest BCUT2D eigenvalue weighted by molar-refractivity contribution is 0.0367. The lowest BCUT2D eigenvalue weighted by Crippen LogP contribution is -2.42. The van der Waals surface area contributed by atoms with Crippen LogP contribution >= 0.6 is 12.2 Å². The minimum absolute atomic E-state index is 0.0548. The Bertz CT molecular complexity index is 1130. The van der Waals surface area contributed by atoms with Crippen LogP contribution in [0.15, 0.2) is 59.4 Å². The average molecular weight is 465 g/mol. The molecule has 3 aromatic rings. The summed E-state index contributed by atoms with van der Waals surface area (Å²) >= 11 is 5.77. The van der Waals surface area contributed by atoms with Crippen molar-refractivity contribution in [3.8, 4) is 0 Å². The van der Waals surface area contributed by atoms with Crippen LogP contribution in [0.3, 0.4) is 0 Å². The van der Waals surface area contributed by atoms with E-state index in [9.17, 15) is 4.79 Å². The smallest absolute Gasteiger partial charge is 0.253 e. The highest BCUT2D eigenvalue weighted by molar-refractivity contribution is 7.80. The van der Waals surface area contributed by atoms with Crippen molar-refractivity contribution in [2.45, 2.75) is 26.4 Å². The van der Waals surface area contributed by atoms with Crippen molar-refractivity contribution >= 4 is 28.2 Å². The second-order valence-corrected chi connectivity index (χ2v) is 8.92. The Morgan fingerprint density at radius 2 is 1.94 bits per heavy atom. The summed E-state index contributed by atoms with van der Waals surface area (Å²) in [4.78, 5) is 20.5. The molecule has 1 aromatic heterocycles. The zero-order chi connectivity index (χ0) is 23.0. The number of ether oxygens (including phenoxy) is 1. The molecule has 4 rings (SSSR count). The Labute approximate surface area is 200 Å². The molecule has 6 nitrogen and oxygen atoms in total. The molecule has 2 N–H and O–H groups in total. The minimum Gasteiger partial charge on any atom is -0.379 e. The van der Waals surface area contributed by atoms with Crippen LogP contribution in [0, 0.1) is 6.92 Å². The summed E-state index contributed by atoms with van der Waals surface area (Å²) in [6.45, 7) is 8.46. The van der Waals surface area contributed by atoms with E-state index in [1.165, 1.54) is 5.56 Å². The van der Waals surface area contributed by atoms with Gasteiger partial charge in [0.25, 0.3) is 5.56 Å². The summed E-state index contributed by atoms with van der Waals surface area (Å²) < 4.78 is 5.45. The molecule has 1 fully saturated rings. The summed E-state index contributed by atoms with van der Waals surface area (Å²) in [5.74, 6) is 0. The Morgan fingerprint density at radius 1 is 1.15 bits per heavy atom. The van der Waals surface area contributed by atoms with Crippen LogP contribution in [0.5, 0.6) is 0 Å². The standard InChI is InChI=1S/C26H32N4O2S/c1-20-7-5-10-22-17-23(25(31)28-24(20)22)19-30(12-6-11-29-13-15-32-16-14-29)26(33)27-18-21-8-3-2-4-9-21/h2-5,7-10,17H,6,11-16,18-19H2,1H3,(H,27,33)(H,28,31). The van der Waals surface area contributed by atoms with Crippen molar-refractivity contribution in [1.29, 1.82) is 0 Å². The van der Waals surface area contributed by atoms with Gasteiger partial charge in [-0.25, -0.2) is 0 Å². The van der Waals surface area contributed by atoms with Gasteiger partial charge in [-0.3, -0.25) is 9.69 Å². The fourth-order valence-corrected chi connectivity index (χ4v) is 4.43. The number of fused-ring (bicyclic) bond motifs is 1. The lowest BCUT2D eigenvalue weighted by Gasteiger charge is -2.29. The third-order valence-corrected chi connectivity index (χ3v) is 6.51. The van der Waals surface area contributed by atoms with E-state index in [2.05, 4.69) is 32.2 Å². The van der Waals surface area contributed by atoms with Gasteiger partial charge in [-0.1, -0.05) is 48.5 Å². The second kappa shape index (κ2) is 11.4. The quantitative estimate of drug-likeness (QED) is 0.498. The van der Waals surface area contributed by atoms with Gasteiger partial charge in [0.1, 0.15) is 0 Å². The molecule has 1 saturated heterocycles. The Hall–Kier alpha value is -2.74. The first-order valence-electron chi connectivity index (χ1n) is 11.6. The molecule has 0 amide bonds. The van der Waals surface area contributed by atoms with Crippen LogP contribution < -0.4 is 10.9 Å². The number of H-pyrrole nitrogens is 1. The fourth-order valence-electron chi connectivity index (χ4n) is 4.20. The molecule has 174 valence electrons. The van der Waals surface area contributed by atoms with Gasteiger partial charge in [-0.05, 0) is 48.1 Å². The first-order chi connectivity index (χ1) is 16.1. The maximum absolute atomic E-state index is 12.9. The number of benzene rings is 2. The Balaban J connectivity index is 1.47. The van der Waals surface area contributed by atoms with Crippen LogP contribution in [0.2, 0.25) is 0 Å². The van der Waals surface area contributed by atoms with E-state index >= 15 is 0 Å². The zero-order valence-electron chi connectivity index (χ0n) is 19.2.